The van der Waals surface area contributed by atoms with Gasteiger partial charge in [-0.3, -0.25) is 9.59 Å². The van der Waals surface area contributed by atoms with E-state index in [1.165, 1.54) is 5.57 Å². The van der Waals surface area contributed by atoms with Crippen molar-refractivity contribution in [1.82, 2.24) is 4.90 Å². The fourth-order valence-electron chi connectivity index (χ4n) is 6.33. The van der Waals surface area contributed by atoms with Crippen LogP contribution in [0.1, 0.15) is 44.6 Å². The van der Waals surface area contributed by atoms with Gasteiger partial charge in [0.05, 0.1) is 31.7 Å². The number of amides is 3. The second-order valence-corrected chi connectivity index (χ2v) is 11.6. The topological polar surface area (TPSA) is 102 Å². The molecule has 3 aliphatic rings. The number of para-hydroxylation sites is 1. The number of hydrogen-bond acceptors (Lipinski definition) is 7. The molecule has 9 heteroatoms. The molecule has 0 aromatic heterocycles. The van der Waals surface area contributed by atoms with Gasteiger partial charge in [-0.1, -0.05) is 59.1 Å². The standard InChI is InChI=1S/C32H34BrNO7/c1-3-7-19(14-20-15-22(33)11-12-26(20)35)10-13-27-28-21(17-40-23-8-5-4-6-9-23)16-24-29(25(28)18-41-27)31(37)34(30(24)36)32(38)39-2/h4-6,8-9,11-12,14-15,24-25,27,29,35H,3,7,10,13,16-18H2,1-2H3/b19-14+/t24-,25+,27-,29-/m1/s1. The highest BCUT2D eigenvalue weighted by molar-refractivity contribution is 9.10. The number of ether oxygens (including phenoxy) is 3. The number of fused-ring (bicyclic) bond motifs is 3. The first-order valence-corrected chi connectivity index (χ1v) is 14.8. The Morgan fingerprint density at radius 3 is 2.63 bits per heavy atom. The van der Waals surface area contributed by atoms with E-state index in [9.17, 15) is 19.5 Å². The van der Waals surface area contributed by atoms with Crippen molar-refractivity contribution in [2.75, 3.05) is 20.3 Å². The van der Waals surface area contributed by atoms with Gasteiger partial charge in [-0.15, -0.1) is 0 Å². The number of hydrogen-bond donors (Lipinski definition) is 1. The normalized spacial score (nSPS) is 24.0. The Bertz CT molecular complexity index is 1390. The molecule has 3 amide bonds. The van der Waals surface area contributed by atoms with Gasteiger partial charge in [0.2, 0.25) is 11.8 Å². The number of halogens is 1. The molecule has 1 N–H and O–H groups in total. The Labute approximate surface area is 248 Å². The predicted octanol–water partition coefficient (Wildman–Crippen LogP) is 6.28. The molecule has 2 fully saturated rings. The Morgan fingerprint density at radius 2 is 1.90 bits per heavy atom. The average molecular weight is 625 g/mol. The Morgan fingerprint density at radius 1 is 1.12 bits per heavy atom. The smallest absolute Gasteiger partial charge is 0.423 e. The van der Waals surface area contributed by atoms with Crippen molar-refractivity contribution in [2.24, 2.45) is 17.8 Å². The molecule has 4 atom stereocenters. The highest BCUT2D eigenvalue weighted by Crippen LogP contribution is 2.50. The molecule has 5 rings (SSSR count). The molecule has 216 valence electrons. The summed E-state index contributed by atoms with van der Waals surface area (Å²) in [4.78, 5) is 39.6. The maximum atomic E-state index is 13.4. The predicted molar refractivity (Wildman–Crippen MR) is 156 cm³/mol. The third-order valence-corrected chi connectivity index (χ3v) is 8.66. The lowest BCUT2D eigenvalue weighted by molar-refractivity contribution is -0.137. The molecule has 0 spiro atoms. The summed E-state index contributed by atoms with van der Waals surface area (Å²) in [5, 5.41) is 10.4. The SMILES string of the molecule is CCC/C(=C\c1cc(Br)ccc1O)CC[C@H]1OC[C@H]2C1=C(COc1ccccc1)C[C@H]1C(=O)N(C(=O)OC)C(=O)[C@H]12. The Kier molecular flexibility index (Phi) is 8.94. The summed E-state index contributed by atoms with van der Waals surface area (Å²) in [6.07, 6.45) is 4.41. The van der Waals surface area contributed by atoms with Crippen LogP contribution in [0.25, 0.3) is 6.08 Å². The van der Waals surface area contributed by atoms with E-state index in [0.29, 0.717) is 30.1 Å². The summed E-state index contributed by atoms with van der Waals surface area (Å²) in [5.41, 5.74) is 3.90. The summed E-state index contributed by atoms with van der Waals surface area (Å²) in [7, 11) is 1.16. The third-order valence-electron chi connectivity index (χ3n) is 8.17. The molecule has 0 radical (unpaired) electrons. The summed E-state index contributed by atoms with van der Waals surface area (Å²) in [6.45, 7) is 2.68. The van der Waals surface area contributed by atoms with E-state index in [1.807, 2.05) is 42.5 Å². The molecule has 0 saturated carbocycles. The van der Waals surface area contributed by atoms with E-state index < -0.39 is 29.7 Å². The molecule has 1 aliphatic carbocycles. The number of rotatable bonds is 9. The van der Waals surface area contributed by atoms with E-state index in [0.717, 1.165) is 47.6 Å². The minimum absolute atomic E-state index is 0.222. The molecule has 2 aromatic carbocycles. The third kappa shape index (κ3) is 5.97. The van der Waals surface area contributed by atoms with Crippen molar-refractivity contribution in [3.63, 3.8) is 0 Å². The number of allylic oxidation sites excluding steroid dienone is 1. The average Bonchev–Trinajstić information content (AvgIpc) is 3.50. The van der Waals surface area contributed by atoms with Gasteiger partial charge in [-0.25, -0.2) is 4.79 Å². The van der Waals surface area contributed by atoms with Crippen LogP contribution in [0.3, 0.4) is 0 Å². The first kappa shape index (κ1) is 29.1. The van der Waals surface area contributed by atoms with Gasteiger partial charge in [0.15, 0.2) is 0 Å². The van der Waals surface area contributed by atoms with Crippen molar-refractivity contribution >= 4 is 39.9 Å². The summed E-state index contributed by atoms with van der Waals surface area (Å²) in [6, 6.07) is 14.8. The fourth-order valence-corrected chi connectivity index (χ4v) is 6.71. The van der Waals surface area contributed by atoms with E-state index >= 15 is 0 Å². The summed E-state index contributed by atoms with van der Waals surface area (Å²) >= 11 is 3.48. The molecular weight excluding hydrogens is 590 g/mol. The van der Waals surface area contributed by atoms with Gasteiger partial charge in [0, 0.05) is 16.0 Å². The van der Waals surface area contributed by atoms with Crippen LogP contribution < -0.4 is 4.74 Å². The number of methoxy groups -OCH3 is 1. The first-order chi connectivity index (χ1) is 19.8. The lowest BCUT2D eigenvalue weighted by atomic mass is 9.69. The fraction of sp³-hybridized carbons (Fsp3) is 0.406. The molecule has 0 bridgehead atoms. The number of phenolic OH excluding ortho intramolecular Hbond substituents is 1. The van der Waals surface area contributed by atoms with Crippen molar-refractivity contribution in [3.05, 3.63) is 75.3 Å². The van der Waals surface area contributed by atoms with Crippen molar-refractivity contribution < 1.29 is 33.7 Å². The number of likely N-dealkylation sites (tertiary alicyclic amines) is 1. The number of imide groups is 3. The zero-order chi connectivity index (χ0) is 29.1. The molecule has 8 nitrogen and oxygen atoms in total. The van der Waals surface area contributed by atoms with Crippen LogP contribution >= 0.6 is 15.9 Å². The maximum absolute atomic E-state index is 13.4. The monoisotopic (exact) mass is 623 g/mol. The van der Waals surface area contributed by atoms with Crippen molar-refractivity contribution in [2.45, 2.75) is 45.1 Å². The first-order valence-electron chi connectivity index (χ1n) is 14.0. The zero-order valence-electron chi connectivity index (χ0n) is 23.2. The molecule has 41 heavy (non-hydrogen) atoms. The maximum Gasteiger partial charge on any atom is 0.423 e. The molecule has 2 aliphatic heterocycles. The molecular formula is C32H34BrNO7. The number of aromatic hydroxyl groups is 1. The highest BCUT2D eigenvalue weighted by Gasteiger charge is 2.59. The van der Waals surface area contributed by atoms with Gasteiger partial charge in [-0.2, -0.15) is 4.90 Å². The molecule has 0 unspecified atom stereocenters. The van der Waals surface area contributed by atoms with Crippen LogP contribution in [-0.2, 0) is 19.1 Å². The van der Waals surface area contributed by atoms with Gasteiger partial charge in [0.25, 0.3) is 0 Å². The number of benzene rings is 2. The lowest BCUT2D eigenvalue weighted by Crippen LogP contribution is -2.38. The number of nitrogens with zero attached hydrogens (tertiary/aromatic N) is 1. The van der Waals surface area contributed by atoms with E-state index in [-0.39, 0.29) is 24.4 Å². The van der Waals surface area contributed by atoms with Gasteiger partial charge in [-0.05, 0) is 67.2 Å². The quantitative estimate of drug-likeness (QED) is 0.259. The van der Waals surface area contributed by atoms with E-state index in [4.69, 9.17) is 14.2 Å². The van der Waals surface area contributed by atoms with Gasteiger partial charge < -0.3 is 19.3 Å². The van der Waals surface area contributed by atoms with Crippen LogP contribution in [0.5, 0.6) is 11.5 Å². The van der Waals surface area contributed by atoms with Crippen molar-refractivity contribution in [3.8, 4) is 11.5 Å². The number of phenols is 1. The van der Waals surface area contributed by atoms with Crippen LogP contribution in [0, 0.1) is 17.8 Å². The van der Waals surface area contributed by atoms with Gasteiger partial charge >= 0.3 is 6.09 Å². The van der Waals surface area contributed by atoms with Crippen LogP contribution in [0.4, 0.5) is 4.79 Å². The van der Waals surface area contributed by atoms with Crippen molar-refractivity contribution in [1.29, 1.82) is 0 Å². The highest BCUT2D eigenvalue weighted by atomic mass is 79.9. The lowest BCUT2D eigenvalue weighted by Gasteiger charge is -2.31. The summed E-state index contributed by atoms with van der Waals surface area (Å²) < 4.78 is 18.1. The minimum atomic E-state index is -0.946. The molecule has 2 aromatic rings. The zero-order valence-corrected chi connectivity index (χ0v) is 24.8. The summed E-state index contributed by atoms with van der Waals surface area (Å²) in [5.74, 6) is -1.73. The molecule has 2 saturated heterocycles. The Hall–Kier alpha value is -3.43. The number of carbonyl (C=O) groups is 3. The second kappa shape index (κ2) is 12.6. The largest absolute Gasteiger partial charge is 0.507 e. The van der Waals surface area contributed by atoms with Gasteiger partial charge in [0.1, 0.15) is 18.1 Å². The van der Waals surface area contributed by atoms with E-state index in [1.54, 1.807) is 12.1 Å². The second-order valence-electron chi connectivity index (χ2n) is 10.7. The van der Waals surface area contributed by atoms with Crippen LogP contribution in [-0.4, -0.2) is 54.3 Å². The molecule has 2 heterocycles. The van der Waals surface area contributed by atoms with Crippen LogP contribution in [0.15, 0.2) is 69.7 Å². The van der Waals surface area contributed by atoms with Crippen LogP contribution in [0.2, 0.25) is 0 Å². The van der Waals surface area contributed by atoms with E-state index in [2.05, 4.69) is 22.9 Å². The number of carbonyl (C=O) groups excluding carboxylic acids is 3. The Balaban J connectivity index is 1.43. The minimum Gasteiger partial charge on any atom is -0.507 e.